The fraction of sp³-hybridized carbons (Fsp3) is 0.312. The van der Waals surface area contributed by atoms with E-state index in [9.17, 15) is 0 Å². The Bertz CT molecular complexity index is 580. The number of rotatable bonds is 3. The van der Waals surface area contributed by atoms with Crippen LogP contribution in [0.25, 0.3) is 0 Å². The lowest BCUT2D eigenvalue weighted by Gasteiger charge is -2.27. The quantitative estimate of drug-likeness (QED) is 0.911. The maximum atomic E-state index is 4.25. The van der Waals surface area contributed by atoms with Crippen LogP contribution >= 0.6 is 0 Å². The van der Waals surface area contributed by atoms with Crippen LogP contribution in [0.3, 0.4) is 0 Å². The van der Waals surface area contributed by atoms with Crippen molar-refractivity contribution >= 4 is 11.4 Å². The Balaban J connectivity index is 2.07. The highest BCUT2D eigenvalue weighted by Crippen LogP contribution is 2.39. The van der Waals surface area contributed by atoms with Gasteiger partial charge in [-0.3, -0.25) is 4.98 Å². The predicted molar refractivity (Wildman–Crippen MR) is 78.7 cm³/mol. The Morgan fingerprint density at radius 2 is 2.11 bits per heavy atom. The Labute approximate surface area is 114 Å². The van der Waals surface area contributed by atoms with Crippen molar-refractivity contribution in [3.05, 3.63) is 53.9 Å². The van der Waals surface area contributed by atoms with E-state index in [2.05, 4.69) is 52.5 Å². The fourth-order valence-electron chi connectivity index (χ4n) is 2.91. The summed E-state index contributed by atoms with van der Waals surface area (Å²) >= 11 is 0. The van der Waals surface area contributed by atoms with E-state index in [4.69, 9.17) is 0 Å². The molecule has 0 saturated heterocycles. The largest absolute Gasteiger partial charge is 0.338 e. The number of nitrogens with one attached hydrogen (secondary N) is 1. The van der Waals surface area contributed by atoms with Gasteiger partial charge in [-0.25, -0.2) is 0 Å². The molecule has 98 valence electrons. The molecule has 1 aliphatic heterocycles. The number of hydrogen-bond donors (Lipinski definition) is 1. The maximum Gasteiger partial charge on any atom is 0.0490 e. The Hall–Kier alpha value is -1.87. The van der Waals surface area contributed by atoms with Gasteiger partial charge in [-0.05, 0) is 38.1 Å². The number of para-hydroxylation sites is 1. The molecule has 3 nitrogen and oxygen atoms in total. The van der Waals surface area contributed by atoms with Gasteiger partial charge in [0.2, 0.25) is 0 Å². The van der Waals surface area contributed by atoms with Crippen LogP contribution < -0.4 is 10.2 Å². The molecule has 1 unspecified atom stereocenters. The number of anilines is 2. The molecule has 0 saturated carbocycles. The predicted octanol–water partition coefficient (Wildman–Crippen LogP) is 2.88. The van der Waals surface area contributed by atoms with Crippen LogP contribution in [-0.2, 0) is 13.0 Å². The normalized spacial score (nSPS) is 17.6. The molecule has 2 heterocycles. The van der Waals surface area contributed by atoms with E-state index < -0.39 is 0 Å². The van der Waals surface area contributed by atoms with Crippen LogP contribution in [0.1, 0.15) is 18.1 Å². The minimum Gasteiger partial charge on any atom is -0.338 e. The first-order valence-corrected chi connectivity index (χ1v) is 6.76. The smallest absolute Gasteiger partial charge is 0.0490 e. The number of benzene rings is 1. The highest BCUT2D eigenvalue weighted by molar-refractivity contribution is 5.72. The van der Waals surface area contributed by atoms with Crippen molar-refractivity contribution in [2.24, 2.45) is 0 Å². The summed E-state index contributed by atoms with van der Waals surface area (Å²) in [6.07, 6.45) is 4.94. The second-order valence-corrected chi connectivity index (χ2v) is 5.09. The van der Waals surface area contributed by atoms with Crippen LogP contribution in [0.4, 0.5) is 11.4 Å². The molecule has 1 aliphatic rings. The Kier molecular flexibility index (Phi) is 3.22. The van der Waals surface area contributed by atoms with Gasteiger partial charge in [-0.15, -0.1) is 0 Å². The molecule has 2 aromatic rings. The summed E-state index contributed by atoms with van der Waals surface area (Å²) in [7, 11) is 1.97. The summed E-state index contributed by atoms with van der Waals surface area (Å²) in [6.45, 7) is 3.12. The highest BCUT2D eigenvalue weighted by atomic mass is 15.2. The van der Waals surface area contributed by atoms with Gasteiger partial charge in [0.1, 0.15) is 0 Å². The molecule has 0 amide bonds. The van der Waals surface area contributed by atoms with E-state index in [0.29, 0.717) is 6.04 Å². The lowest BCUT2D eigenvalue weighted by atomic mass is 10.1. The van der Waals surface area contributed by atoms with Crippen molar-refractivity contribution < 1.29 is 0 Å². The molecule has 1 N–H and O–H groups in total. The van der Waals surface area contributed by atoms with Crippen LogP contribution in [0.2, 0.25) is 0 Å². The van der Waals surface area contributed by atoms with E-state index in [0.717, 1.165) is 13.0 Å². The number of fused-ring (bicyclic) bond motifs is 1. The molecule has 1 aromatic heterocycles. The van der Waals surface area contributed by atoms with Gasteiger partial charge >= 0.3 is 0 Å². The van der Waals surface area contributed by atoms with E-state index in [1.165, 1.54) is 22.5 Å². The van der Waals surface area contributed by atoms with Crippen LogP contribution in [0, 0.1) is 0 Å². The standard InChI is InChI=1S/C16H19N3/c1-12-9-13-5-3-4-6-15(13)19(12)16-7-8-18-11-14(16)10-17-2/h3-8,11-12,17H,9-10H2,1-2H3. The molecule has 0 fully saturated rings. The summed E-state index contributed by atoms with van der Waals surface area (Å²) in [5.41, 5.74) is 5.27. The first-order chi connectivity index (χ1) is 9.31. The van der Waals surface area contributed by atoms with Crippen molar-refractivity contribution in [3.8, 4) is 0 Å². The van der Waals surface area contributed by atoms with Gasteiger partial charge in [0, 0.05) is 41.9 Å². The highest BCUT2D eigenvalue weighted by Gasteiger charge is 2.27. The molecule has 1 aromatic carbocycles. The average molecular weight is 253 g/mol. The third-order valence-electron chi connectivity index (χ3n) is 3.71. The first kappa shape index (κ1) is 12.2. The van der Waals surface area contributed by atoms with E-state index >= 15 is 0 Å². The number of pyridine rings is 1. The summed E-state index contributed by atoms with van der Waals surface area (Å²) in [5, 5.41) is 3.22. The van der Waals surface area contributed by atoms with Crippen LogP contribution in [-0.4, -0.2) is 18.1 Å². The number of aromatic nitrogens is 1. The lowest BCUT2D eigenvalue weighted by molar-refractivity contribution is 0.744. The third kappa shape index (κ3) is 2.10. The topological polar surface area (TPSA) is 28.2 Å². The molecular weight excluding hydrogens is 234 g/mol. The molecule has 3 heteroatoms. The average Bonchev–Trinajstić information content (AvgIpc) is 2.76. The third-order valence-corrected chi connectivity index (χ3v) is 3.71. The summed E-state index contributed by atoms with van der Waals surface area (Å²) in [6, 6.07) is 11.3. The molecule has 0 spiro atoms. The molecular formula is C16H19N3. The monoisotopic (exact) mass is 253 g/mol. The van der Waals surface area contributed by atoms with Crippen molar-refractivity contribution in [1.82, 2.24) is 10.3 Å². The van der Waals surface area contributed by atoms with Crippen LogP contribution in [0.15, 0.2) is 42.7 Å². The van der Waals surface area contributed by atoms with Crippen molar-refractivity contribution in [1.29, 1.82) is 0 Å². The van der Waals surface area contributed by atoms with Gasteiger partial charge < -0.3 is 10.2 Å². The fourth-order valence-corrected chi connectivity index (χ4v) is 2.91. The van der Waals surface area contributed by atoms with Gasteiger partial charge in [-0.1, -0.05) is 18.2 Å². The van der Waals surface area contributed by atoms with E-state index in [1.807, 2.05) is 19.4 Å². The Morgan fingerprint density at radius 3 is 2.95 bits per heavy atom. The van der Waals surface area contributed by atoms with Gasteiger partial charge in [-0.2, -0.15) is 0 Å². The van der Waals surface area contributed by atoms with Gasteiger partial charge in [0.05, 0.1) is 0 Å². The van der Waals surface area contributed by atoms with E-state index in [1.54, 1.807) is 0 Å². The molecule has 0 bridgehead atoms. The van der Waals surface area contributed by atoms with E-state index in [-0.39, 0.29) is 0 Å². The van der Waals surface area contributed by atoms with Crippen molar-refractivity contribution in [3.63, 3.8) is 0 Å². The molecule has 0 aliphatic carbocycles. The summed E-state index contributed by atoms with van der Waals surface area (Å²) < 4.78 is 0. The second kappa shape index (κ2) is 5.02. The number of nitrogens with zero attached hydrogens (tertiary/aromatic N) is 2. The molecule has 19 heavy (non-hydrogen) atoms. The first-order valence-electron chi connectivity index (χ1n) is 6.76. The lowest BCUT2D eigenvalue weighted by Crippen LogP contribution is -2.25. The van der Waals surface area contributed by atoms with Gasteiger partial charge in [0.25, 0.3) is 0 Å². The Morgan fingerprint density at radius 1 is 1.26 bits per heavy atom. The van der Waals surface area contributed by atoms with Crippen LogP contribution in [0.5, 0.6) is 0 Å². The molecule has 0 radical (unpaired) electrons. The zero-order valence-electron chi connectivity index (χ0n) is 11.4. The van der Waals surface area contributed by atoms with Crippen molar-refractivity contribution in [2.75, 3.05) is 11.9 Å². The minimum absolute atomic E-state index is 0.496. The second-order valence-electron chi connectivity index (χ2n) is 5.09. The number of hydrogen-bond acceptors (Lipinski definition) is 3. The van der Waals surface area contributed by atoms with Crippen molar-refractivity contribution in [2.45, 2.75) is 25.9 Å². The summed E-state index contributed by atoms with van der Waals surface area (Å²) in [5.74, 6) is 0. The van der Waals surface area contributed by atoms with Gasteiger partial charge in [0.15, 0.2) is 0 Å². The molecule has 1 atom stereocenters. The SMILES string of the molecule is CNCc1cnccc1N1c2ccccc2CC1C. The maximum absolute atomic E-state index is 4.25. The molecule has 3 rings (SSSR count). The zero-order chi connectivity index (χ0) is 13.2. The summed E-state index contributed by atoms with van der Waals surface area (Å²) in [4.78, 5) is 6.68. The minimum atomic E-state index is 0.496. The zero-order valence-corrected chi connectivity index (χ0v) is 11.4.